The molecule has 0 fully saturated rings. The van der Waals surface area contributed by atoms with Gasteiger partial charge in [0.05, 0.1) is 4.47 Å². The Hall–Kier alpha value is -1.14. The summed E-state index contributed by atoms with van der Waals surface area (Å²) in [6.45, 7) is 0.776. The van der Waals surface area contributed by atoms with Crippen LogP contribution in [0.5, 0.6) is 0 Å². The molecule has 6 heteroatoms. The first-order valence-electron chi connectivity index (χ1n) is 5.76. The fourth-order valence-electron chi connectivity index (χ4n) is 1.73. The first kappa shape index (κ1) is 14.3. The normalized spacial score (nSPS) is 10.3. The molecule has 0 spiro atoms. The van der Waals surface area contributed by atoms with Crippen LogP contribution in [0.1, 0.15) is 5.56 Å². The van der Waals surface area contributed by atoms with Crippen LogP contribution < -0.4 is 10.2 Å². The minimum absolute atomic E-state index is 0.610. The molecule has 0 aliphatic heterocycles. The molecule has 0 radical (unpaired) electrons. The number of rotatable bonds is 4. The fraction of sp³-hybridized carbons (Fsp3) is 0.231. The Morgan fingerprint density at radius 2 is 2.11 bits per heavy atom. The molecule has 0 amide bonds. The molecule has 0 atom stereocenters. The van der Waals surface area contributed by atoms with Crippen molar-refractivity contribution in [3.05, 3.63) is 45.0 Å². The second-order valence-corrected chi connectivity index (χ2v) is 5.87. The lowest BCUT2D eigenvalue weighted by Gasteiger charge is -2.20. The van der Waals surface area contributed by atoms with Crippen LogP contribution in [0, 0.1) is 0 Å². The molecule has 1 aromatic carbocycles. The molecule has 1 heterocycles. The second kappa shape index (κ2) is 6.34. The number of nitrogens with zero attached hydrogens (tertiary/aromatic N) is 3. The van der Waals surface area contributed by atoms with Gasteiger partial charge < -0.3 is 10.2 Å². The number of anilines is 2. The van der Waals surface area contributed by atoms with Gasteiger partial charge in [-0.3, -0.25) is 0 Å². The maximum atomic E-state index is 4.45. The molecular formula is C13H14Br2N4. The highest BCUT2D eigenvalue weighted by Crippen LogP contribution is 2.25. The number of hydrogen-bond acceptors (Lipinski definition) is 4. The van der Waals surface area contributed by atoms with E-state index < -0.39 is 0 Å². The summed E-state index contributed by atoms with van der Waals surface area (Å²) in [5, 5.41) is 2.95. The predicted molar refractivity (Wildman–Crippen MR) is 85.5 cm³/mol. The zero-order chi connectivity index (χ0) is 13.8. The average molecular weight is 386 g/mol. The van der Waals surface area contributed by atoms with Crippen LogP contribution in [0.15, 0.2) is 39.4 Å². The zero-order valence-electron chi connectivity index (χ0n) is 10.7. The van der Waals surface area contributed by atoms with Crippen molar-refractivity contribution in [2.75, 3.05) is 24.3 Å². The molecular weight excluding hydrogens is 372 g/mol. The summed E-state index contributed by atoms with van der Waals surface area (Å²) in [7, 11) is 3.81. The van der Waals surface area contributed by atoms with E-state index in [4.69, 9.17) is 0 Å². The maximum absolute atomic E-state index is 4.45. The Morgan fingerprint density at radius 3 is 2.79 bits per heavy atom. The van der Waals surface area contributed by atoms with Crippen LogP contribution in [0.4, 0.5) is 11.8 Å². The van der Waals surface area contributed by atoms with Crippen molar-refractivity contribution in [3.8, 4) is 0 Å². The summed E-state index contributed by atoms with van der Waals surface area (Å²) in [6, 6.07) is 8.24. The third-order valence-corrected chi connectivity index (χ3v) is 3.67. The van der Waals surface area contributed by atoms with Gasteiger partial charge in [0.25, 0.3) is 0 Å². The smallest absolute Gasteiger partial charge is 0.224 e. The van der Waals surface area contributed by atoms with Crippen LogP contribution >= 0.6 is 31.9 Å². The highest BCUT2D eigenvalue weighted by atomic mass is 79.9. The van der Waals surface area contributed by atoms with Crippen molar-refractivity contribution in [1.82, 2.24) is 9.97 Å². The third kappa shape index (κ3) is 3.67. The minimum atomic E-state index is 0.610. The van der Waals surface area contributed by atoms with E-state index in [1.54, 1.807) is 13.2 Å². The molecule has 0 aliphatic carbocycles. The van der Waals surface area contributed by atoms with Gasteiger partial charge in [0.2, 0.25) is 5.95 Å². The van der Waals surface area contributed by atoms with Crippen LogP contribution in [-0.4, -0.2) is 24.1 Å². The van der Waals surface area contributed by atoms with E-state index in [-0.39, 0.29) is 0 Å². The molecule has 2 rings (SSSR count). The van der Waals surface area contributed by atoms with E-state index in [0.717, 1.165) is 21.3 Å². The lowest BCUT2D eigenvalue weighted by Crippen LogP contribution is -2.19. The summed E-state index contributed by atoms with van der Waals surface area (Å²) < 4.78 is 1.96. The molecule has 0 unspecified atom stereocenters. The highest BCUT2D eigenvalue weighted by molar-refractivity contribution is 9.10. The topological polar surface area (TPSA) is 41.1 Å². The van der Waals surface area contributed by atoms with E-state index in [1.807, 2.05) is 19.2 Å². The summed E-state index contributed by atoms with van der Waals surface area (Å²) in [6.07, 6.45) is 1.76. The molecule has 4 nitrogen and oxygen atoms in total. The molecule has 19 heavy (non-hydrogen) atoms. The molecule has 0 aliphatic rings. The van der Waals surface area contributed by atoms with Crippen LogP contribution in [0.3, 0.4) is 0 Å². The van der Waals surface area contributed by atoms with Crippen molar-refractivity contribution >= 4 is 43.6 Å². The van der Waals surface area contributed by atoms with Gasteiger partial charge >= 0.3 is 0 Å². The predicted octanol–water partition coefficient (Wildman–Crippen LogP) is 3.68. The Bertz CT molecular complexity index is 574. The monoisotopic (exact) mass is 384 g/mol. The summed E-state index contributed by atoms with van der Waals surface area (Å²) in [4.78, 5) is 10.7. The first-order valence-corrected chi connectivity index (χ1v) is 7.34. The molecule has 100 valence electrons. The van der Waals surface area contributed by atoms with Gasteiger partial charge in [-0.15, -0.1) is 0 Å². The van der Waals surface area contributed by atoms with Crippen molar-refractivity contribution in [3.63, 3.8) is 0 Å². The number of halogens is 2. The molecule has 0 bridgehead atoms. The lowest BCUT2D eigenvalue weighted by atomic mass is 10.2. The number of aromatic nitrogens is 2. The van der Waals surface area contributed by atoms with Gasteiger partial charge in [-0.1, -0.05) is 28.1 Å². The molecule has 1 aromatic heterocycles. The quantitative estimate of drug-likeness (QED) is 0.871. The summed E-state index contributed by atoms with van der Waals surface area (Å²) >= 11 is 6.97. The first-order chi connectivity index (χ1) is 9.10. The van der Waals surface area contributed by atoms with Crippen LogP contribution in [0.2, 0.25) is 0 Å². The SMILES string of the molecule is CNc1ncc(Br)c(N(C)Cc2cccc(Br)c2)n1. The summed E-state index contributed by atoms with van der Waals surface area (Å²) in [5.41, 5.74) is 1.22. The minimum Gasteiger partial charge on any atom is -0.357 e. The van der Waals surface area contributed by atoms with E-state index >= 15 is 0 Å². The van der Waals surface area contributed by atoms with E-state index in [9.17, 15) is 0 Å². The Kier molecular flexibility index (Phi) is 4.76. The van der Waals surface area contributed by atoms with Crippen LogP contribution in [0.25, 0.3) is 0 Å². The number of nitrogens with one attached hydrogen (secondary N) is 1. The van der Waals surface area contributed by atoms with E-state index in [1.165, 1.54) is 5.56 Å². The Morgan fingerprint density at radius 1 is 1.32 bits per heavy atom. The van der Waals surface area contributed by atoms with E-state index in [0.29, 0.717) is 5.95 Å². The van der Waals surface area contributed by atoms with Gasteiger partial charge in [0.1, 0.15) is 5.82 Å². The Balaban J connectivity index is 2.22. The fourth-order valence-corrected chi connectivity index (χ4v) is 2.67. The molecule has 0 saturated heterocycles. The van der Waals surface area contributed by atoms with Gasteiger partial charge in [0, 0.05) is 31.3 Å². The van der Waals surface area contributed by atoms with Gasteiger partial charge in [0.15, 0.2) is 0 Å². The zero-order valence-corrected chi connectivity index (χ0v) is 13.9. The lowest BCUT2D eigenvalue weighted by molar-refractivity contribution is 0.887. The van der Waals surface area contributed by atoms with Crippen molar-refractivity contribution < 1.29 is 0 Å². The summed E-state index contributed by atoms with van der Waals surface area (Å²) in [5.74, 6) is 1.47. The van der Waals surface area contributed by atoms with E-state index in [2.05, 4.69) is 64.2 Å². The number of benzene rings is 1. The molecule has 0 saturated carbocycles. The number of hydrogen-bond donors (Lipinski definition) is 1. The molecule has 1 N–H and O–H groups in total. The third-order valence-electron chi connectivity index (χ3n) is 2.62. The van der Waals surface area contributed by atoms with Crippen LogP contribution in [-0.2, 0) is 6.54 Å². The van der Waals surface area contributed by atoms with Gasteiger partial charge in [-0.25, -0.2) is 4.98 Å². The average Bonchev–Trinajstić information content (AvgIpc) is 2.39. The maximum Gasteiger partial charge on any atom is 0.224 e. The van der Waals surface area contributed by atoms with Gasteiger partial charge in [-0.05, 0) is 33.6 Å². The van der Waals surface area contributed by atoms with Gasteiger partial charge in [-0.2, -0.15) is 4.98 Å². The van der Waals surface area contributed by atoms with Crippen molar-refractivity contribution in [2.45, 2.75) is 6.54 Å². The van der Waals surface area contributed by atoms with Crippen molar-refractivity contribution in [2.24, 2.45) is 0 Å². The van der Waals surface area contributed by atoms with Crippen molar-refractivity contribution in [1.29, 1.82) is 0 Å². The second-order valence-electron chi connectivity index (χ2n) is 4.10. The Labute approximate surface area is 129 Å². The largest absolute Gasteiger partial charge is 0.357 e. The molecule has 2 aromatic rings. The standard InChI is InChI=1S/C13H14Br2N4/c1-16-13-17-7-11(15)12(18-13)19(2)8-9-4-3-5-10(14)6-9/h3-7H,8H2,1-2H3,(H,16,17,18). The highest BCUT2D eigenvalue weighted by Gasteiger charge is 2.10.